The number of nitrogens with zero attached hydrogens (tertiary/aromatic N) is 2. The predicted molar refractivity (Wildman–Crippen MR) is 102 cm³/mol. The number of hydrogen-bond donors (Lipinski definition) is 2. The number of benzene rings is 1. The zero-order valence-electron chi connectivity index (χ0n) is 15.7. The van der Waals surface area contributed by atoms with Crippen molar-refractivity contribution in [2.24, 2.45) is 0 Å². The van der Waals surface area contributed by atoms with E-state index >= 15 is 0 Å². The molecular weight excluding hydrogens is 310 g/mol. The maximum atomic E-state index is 10.3. The van der Waals surface area contributed by atoms with Gasteiger partial charge in [-0.3, -0.25) is 0 Å². The smallest absolute Gasteiger partial charge is 0.109 e. The number of aryl methyl sites for hydroxylation is 2. The Kier molecular flexibility index (Phi) is 5.60. The molecule has 136 valence electrons. The van der Waals surface area contributed by atoms with Crippen LogP contribution in [0.25, 0.3) is 0 Å². The third kappa shape index (κ3) is 4.93. The summed E-state index contributed by atoms with van der Waals surface area (Å²) in [7, 11) is 0. The van der Waals surface area contributed by atoms with Crippen LogP contribution >= 0.6 is 0 Å². The fraction of sp³-hybridized carbons (Fsp3) is 0.571. The van der Waals surface area contributed by atoms with E-state index in [1.807, 2.05) is 6.07 Å². The lowest BCUT2D eigenvalue weighted by molar-refractivity contribution is 0.154. The Labute approximate surface area is 151 Å². The van der Waals surface area contributed by atoms with E-state index in [1.54, 1.807) is 0 Å². The summed E-state index contributed by atoms with van der Waals surface area (Å²) in [5.74, 6) is 1.20. The van der Waals surface area contributed by atoms with Gasteiger partial charge in [-0.2, -0.15) is 0 Å². The van der Waals surface area contributed by atoms with Gasteiger partial charge in [-0.15, -0.1) is 0 Å². The Morgan fingerprint density at radius 3 is 2.76 bits per heavy atom. The van der Waals surface area contributed by atoms with Crippen LogP contribution in [0.3, 0.4) is 0 Å². The normalized spacial score (nSPS) is 18.8. The molecule has 0 fully saturated rings. The molecular formula is C21H31N3O. The van der Waals surface area contributed by atoms with Gasteiger partial charge in [-0.25, -0.2) is 4.98 Å². The van der Waals surface area contributed by atoms with Gasteiger partial charge in [-0.05, 0) is 24.8 Å². The largest absolute Gasteiger partial charge is 0.392 e. The molecule has 1 aliphatic heterocycles. The van der Waals surface area contributed by atoms with E-state index in [-0.39, 0.29) is 11.5 Å². The van der Waals surface area contributed by atoms with Crippen LogP contribution < -0.4 is 5.32 Å². The minimum Gasteiger partial charge on any atom is -0.392 e. The Morgan fingerprint density at radius 1 is 1.28 bits per heavy atom. The van der Waals surface area contributed by atoms with E-state index in [1.165, 1.54) is 17.1 Å². The number of aliphatic hydroxyl groups is 1. The van der Waals surface area contributed by atoms with E-state index in [0.29, 0.717) is 12.6 Å². The highest BCUT2D eigenvalue weighted by Crippen LogP contribution is 2.24. The Balaban J connectivity index is 1.46. The van der Waals surface area contributed by atoms with Crippen LogP contribution in [0.2, 0.25) is 0 Å². The van der Waals surface area contributed by atoms with Crippen molar-refractivity contribution in [2.75, 3.05) is 6.54 Å². The molecule has 2 N–H and O–H groups in total. The van der Waals surface area contributed by atoms with Gasteiger partial charge in [0.05, 0.1) is 11.8 Å². The SMILES string of the molecule is CC(C)(C)c1cn2c(n1)CCC(NCC(O)CCc1ccccc1)C2. The predicted octanol–water partition coefficient (Wildman–Crippen LogP) is 3.08. The second-order valence-corrected chi connectivity index (χ2v) is 8.27. The Morgan fingerprint density at radius 2 is 2.04 bits per heavy atom. The number of aliphatic hydroxyl groups excluding tert-OH is 1. The standard InChI is InChI=1S/C21H31N3O/c1-21(2,3)19-15-24-14-17(10-12-20(24)23-19)22-13-18(25)11-9-16-7-5-4-6-8-16/h4-8,15,17-18,22,25H,9-14H2,1-3H3. The number of aromatic nitrogens is 2. The number of fused-ring (bicyclic) bond motifs is 1. The lowest BCUT2D eigenvalue weighted by Gasteiger charge is -2.26. The minimum atomic E-state index is -0.297. The second kappa shape index (κ2) is 7.71. The van der Waals surface area contributed by atoms with Gasteiger partial charge in [0.25, 0.3) is 0 Å². The minimum absolute atomic E-state index is 0.0981. The van der Waals surface area contributed by atoms with Crippen molar-refractivity contribution in [3.05, 3.63) is 53.6 Å². The molecule has 2 atom stereocenters. The fourth-order valence-corrected chi connectivity index (χ4v) is 3.35. The zero-order valence-corrected chi connectivity index (χ0v) is 15.7. The first kappa shape index (κ1) is 18.2. The molecule has 0 amide bonds. The highest BCUT2D eigenvalue weighted by molar-refractivity contribution is 5.15. The number of hydrogen-bond acceptors (Lipinski definition) is 3. The van der Waals surface area contributed by atoms with Crippen molar-refractivity contribution >= 4 is 0 Å². The third-order valence-corrected chi connectivity index (χ3v) is 5.01. The summed E-state index contributed by atoms with van der Waals surface area (Å²) in [5, 5.41) is 13.8. The molecule has 4 heteroatoms. The molecule has 2 unspecified atom stereocenters. The molecule has 0 saturated heterocycles. The molecule has 25 heavy (non-hydrogen) atoms. The van der Waals surface area contributed by atoms with Gasteiger partial charge in [0.2, 0.25) is 0 Å². The lowest BCUT2D eigenvalue weighted by Crippen LogP contribution is -2.41. The van der Waals surface area contributed by atoms with Crippen molar-refractivity contribution in [1.82, 2.24) is 14.9 Å². The van der Waals surface area contributed by atoms with Crippen molar-refractivity contribution in [3.8, 4) is 0 Å². The monoisotopic (exact) mass is 341 g/mol. The van der Waals surface area contributed by atoms with Crippen molar-refractivity contribution < 1.29 is 5.11 Å². The van der Waals surface area contributed by atoms with Gasteiger partial charge >= 0.3 is 0 Å². The molecule has 3 rings (SSSR count). The van der Waals surface area contributed by atoms with E-state index in [2.05, 4.69) is 61.1 Å². The summed E-state index contributed by atoms with van der Waals surface area (Å²) in [6, 6.07) is 10.8. The van der Waals surface area contributed by atoms with Crippen LogP contribution in [0.4, 0.5) is 0 Å². The molecule has 1 aromatic heterocycles. The summed E-state index contributed by atoms with van der Waals surface area (Å²) in [6.45, 7) is 8.23. The van der Waals surface area contributed by atoms with Crippen molar-refractivity contribution in [1.29, 1.82) is 0 Å². The van der Waals surface area contributed by atoms with E-state index in [9.17, 15) is 5.11 Å². The third-order valence-electron chi connectivity index (χ3n) is 5.01. The molecule has 0 bridgehead atoms. The first-order valence-corrected chi connectivity index (χ1v) is 9.44. The van der Waals surface area contributed by atoms with E-state index < -0.39 is 0 Å². The van der Waals surface area contributed by atoms with Gasteiger partial charge < -0.3 is 15.0 Å². The Bertz CT molecular complexity index is 672. The van der Waals surface area contributed by atoms with E-state index in [0.717, 1.165) is 32.2 Å². The Hall–Kier alpha value is -1.65. The molecule has 0 saturated carbocycles. The summed E-state index contributed by atoms with van der Waals surface area (Å²) in [4.78, 5) is 4.80. The quantitative estimate of drug-likeness (QED) is 0.849. The number of imidazole rings is 1. The maximum absolute atomic E-state index is 10.3. The molecule has 1 aliphatic rings. The number of rotatable bonds is 6. The number of nitrogens with one attached hydrogen (secondary N) is 1. The van der Waals surface area contributed by atoms with Crippen LogP contribution in [0, 0.1) is 0 Å². The first-order valence-electron chi connectivity index (χ1n) is 9.44. The summed E-state index contributed by atoms with van der Waals surface area (Å²) < 4.78 is 2.29. The van der Waals surface area contributed by atoms with Crippen LogP contribution in [-0.2, 0) is 24.8 Å². The fourth-order valence-electron chi connectivity index (χ4n) is 3.35. The molecule has 0 radical (unpaired) electrons. The van der Waals surface area contributed by atoms with Gasteiger partial charge in [-0.1, -0.05) is 51.1 Å². The highest BCUT2D eigenvalue weighted by Gasteiger charge is 2.24. The maximum Gasteiger partial charge on any atom is 0.109 e. The van der Waals surface area contributed by atoms with Crippen molar-refractivity contribution in [2.45, 2.75) is 70.6 Å². The van der Waals surface area contributed by atoms with E-state index in [4.69, 9.17) is 4.98 Å². The van der Waals surface area contributed by atoms with Gasteiger partial charge in [0.1, 0.15) is 5.82 Å². The molecule has 0 aliphatic carbocycles. The highest BCUT2D eigenvalue weighted by atomic mass is 16.3. The average molecular weight is 341 g/mol. The van der Waals surface area contributed by atoms with Gasteiger partial charge in [0.15, 0.2) is 0 Å². The molecule has 4 nitrogen and oxygen atoms in total. The van der Waals surface area contributed by atoms with Crippen molar-refractivity contribution in [3.63, 3.8) is 0 Å². The topological polar surface area (TPSA) is 50.1 Å². The molecule has 1 aromatic carbocycles. The van der Waals surface area contributed by atoms with Crippen LogP contribution in [0.5, 0.6) is 0 Å². The molecule has 2 heterocycles. The molecule has 2 aromatic rings. The summed E-state index contributed by atoms with van der Waals surface area (Å²) in [5.41, 5.74) is 2.56. The average Bonchev–Trinajstić information content (AvgIpc) is 3.03. The van der Waals surface area contributed by atoms with Crippen LogP contribution in [0.15, 0.2) is 36.5 Å². The van der Waals surface area contributed by atoms with Crippen LogP contribution in [-0.4, -0.2) is 33.3 Å². The summed E-state index contributed by atoms with van der Waals surface area (Å²) in [6.07, 6.45) is 5.73. The summed E-state index contributed by atoms with van der Waals surface area (Å²) >= 11 is 0. The lowest BCUT2D eigenvalue weighted by atomic mass is 9.93. The zero-order chi connectivity index (χ0) is 17.9. The molecule has 0 spiro atoms. The van der Waals surface area contributed by atoms with Crippen LogP contribution in [0.1, 0.15) is 50.7 Å². The second-order valence-electron chi connectivity index (χ2n) is 8.27. The van der Waals surface area contributed by atoms with Gasteiger partial charge in [0, 0.05) is 37.2 Å². The first-order chi connectivity index (χ1) is 11.9.